The lowest BCUT2D eigenvalue weighted by molar-refractivity contribution is -0.0234. The maximum atomic E-state index is 5.55. The van der Waals surface area contributed by atoms with Gasteiger partial charge in [0.15, 0.2) is 0 Å². The zero-order chi connectivity index (χ0) is 9.40. The van der Waals surface area contributed by atoms with E-state index in [0.717, 1.165) is 19.7 Å². The molecule has 1 aliphatic heterocycles. The summed E-state index contributed by atoms with van der Waals surface area (Å²) in [5, 5.41) is 0. The second-order valence-corrected chi connectivity index (χ2v) is 3.04. The molecule has 0 spiro atoms. The molecule has 0 aromatic heterocycles. The first-order chi connectivity index (χ1) is 5.83. The lowest BCUT2D eigenvalue weighted by Crippen LogP contribution is -2.39. The van der Waals surface area contributed by atoms with Gasteiger partial charge >= 0.3 is 0 Å². The fourth-order valence-corrected chi connectivity index (χ4v) is 1.36. The minimum Gasteiger partial charge on any atom is -0.376 e. The predicted molar refractivity (Wildman–Crippen MR) is 53.5 cm³/mol. The zero-order valence-corrected chi connectivity index (χ0v) is 8.97. The molecule has 1 atom stereocenters. The van der Waals surface area contributed by atoms with Gasteiger partial charge in [-0.25, -0.2) is 0 Å². The van der Waals surface area contributed by atoms with Gasteiger partial charge in [0.25, 0.3) is 0 Å². The molecule has 0 aliphatic carbocycles. The summed E-state index contributed by atoms with van der Waals surface area (Å²) in [6.45, 7) is 9.34. The standard InChI is InChI=1S/C8H17NO.C2H6/c1-3-4-8-7-9(2)5-6-10-8;1-2/h8H,3-7H2,1-2H3;1-2H3. The number of likely N-dealkylation sites (N-methyl/N-ethyl adjacent to an activating group) is 1. The molecule has 0 bridgehead atoms. The van der Waals surface area contributed by atoms with Gasteiger partial charge in [0.2, 0.25) is 0 Å². The molecule has 0 saturated carbocycles. The van der Waals surface area contributed by atoms with Crippen LogP contribution >= 0.6 is 0 Å². The van der Waals surface area contributed by atoms with Gasteiger partial charge in [0, 0.05) is 13.1 Å². The molecule has 1 aliphatic rings. The normalized spacial score (nSPS) is 24.5. The van der Waals surface area contributed by atoms with Crippen molar-refractivity contribution in [1.29, 1.82) is 0 Å². The van der Waals surface area contributed by atoms with Crippen LogP contribution in [0.3, 0.4) is 0 Å². The van der Waals surface area contributed by atoms with E-state index in [1.807, 2.05) is 13.8 Å². The first-order valence-electron chi connectivity index (χ1n) is 5.13. The van der Waals surface area contributed by atoms with Gasteiger partial charge in [-0.3, -0.25) is 0 Å². The van der Waals surface area contributed by atoms with Crippen molar-refractivity contribution in [3.05, 3.63) is 0 Å². The van der Waals surface area contributed by atoms with Crippen molar-refractivity contribution in [1.82, 2.24) is 4.90 Å². The van der Waals surface area contributed by atoms with E-state index in [-0.39, 0.29) is 0 Å². The third-order valence-corrected chi connectivity index (χ3v) is 1.95. The molecule has 0 radical (unpaired) electrons. The second-order valence-electron chi connectivity index (χ2n) is 3.04. The number of morpholine rings is 1. The Balaban J connectivity index is 0.000000561. The molecule has 2 nitrogen and oxygen atoms in total. The van der Waals surface area contributed by atoms with Crippen molar-refractivity contribution in [2.45, 2.75) is 39.7 Å². The molecule has 1 unspecified atom stereocenters. The first-order valence-corrected chi connectivity index (χ1v) is 5.13. The van der Waals surface area contributed by atoms with Gasteiger partial charge in [-0.1, -0.05) is 27.2 Å². The maximum Gasteiger partial charge on any atom is 0.0702 e. The second kappa shape index (κ2) is 7.56. The predicted octanol–water partition coefficient (Wildman–Crippen LogP) is 2.14. The van der Waals surface area contributed by atoms with Crippen LogP contribution in [-0.2, 0) is 4.74 Å². The van der Waals surface area contributed by atoms with Gasteiger partial charge in [-0.05, 0) is 13.5 Å². The van der Waals surface area contributed by atoms with Crippen LogP contribution in [0.25, 0.3) is 0 Å². The number of rotatable bonds is 2. The lowest BCUT2D eigenvalue weighted by Gasteiger charge is -2.29. The third-order valence-electron chi connectivity index (χ3n) is 1.95. The molecule has 1 heterocycles. The molecule has 1 saturated heterocycles. The van der Waals surface area contributed by atoms with Crippen LogP contribution in [0.1, 0.15) is 33.6 Å². The number of nitrogens with zero attached hydrogens (tertiary/aromatic N) is 1. The largest absolute Gasteiger partial charge is 0.376 e. The highest BCUT2D eigenvalue weighted by molar-refractivity contribution is 4.67. The van der Waals surface area contributed by atoms with Crippen LogP contribution in [0.4, 0.5) is 0 Å². The Morgan fingerprint density at radius 1 is 1.42 bits per heavy atom. The summed E-state index contributed by atoms with van der Waals surface area (Å²) in [6.07, 6.45) is 2.95. The highest BCUT2D eigenvalue weighted by Gasteiger charge is 2.15. The zero-order valence-electron chi connectivity index (χ0n) is 8.97. The van der Waals surface area contributed by atoms with E-state index >= 15 is 0 Å². The summed E-state index contributed by atoms with van der Waals surface area (Å²) in [7, 11) is 2.16. The lowest BCUT2D eigenvalue weighted by atomic mass is 10.2. The van der Waals surface area contributed by atoms with Crippen LogP contribution < -0.4 is 0 Å². The van der Waals surface area contributed by atoms with Crippen molar-refractivity contribution >= 4 is 0 Å². The molecular weight excluding hydrogens is 150 g/mol. The minimum atomic E-state index is 0.503. The van der Waals surface area contributed by atoms with Crippen molar-refractivity contribution in [3.63, 3.8) is 0 Å². The average Bonchev–Trinajstić information content (AvgIpc) is 2.09. The van der Waals surface area contributed by atoms with Gasteiger partial charge in [0.1, 0.15) is 0 Å². The van der Waals surface area contributed by atoms with Crippen molar-refractivity contribution in [3.8, 4) is 0 Å². The Bertz CT molecular complexity index is 93.8. The summed E-state index contributed by atoms with van der Waals surface area (Å²) >= 11 is 0. The van der Waals surface area contributed by atoms with Crippen LogP contribution in [0, 0.1) is 0 Å². The van der Waals surface area contributed by atoms with Crippen molar-refractivity contribution in [2.24, 2.45) is 0 Å². The molecule has 74 valence electrons. The van der Waals surface area contributed by atoms with E-state index in [1.54, 1.807) is 0 Å². The molecule has 1 fully saturated rings. The summed E-state index contributed by atoms with van der Waals surface area (Å²) < 4.78 is 5.55. The third kappa shape index (κ3) is 4.73. The SMILES string of the molecule is CC.CCCC1CN(C)CCO1. The van der Waals surface area contributed by atoms with E-state index in [2.05, 4.69) is 18.9 Å². The highest BCUT2D eigenvalue weighted by atomic mass is 16.5. The van der Waals surface area contributed by atoms with Gasteiger partial charge < -0.3 is 9.64 Å². The smallest absolute Gasteiger partial charge is 0.0702 e. The summed E-state index contributed by atoms with van der Waals surface area (Å²) in [4.78, 5) is 2.34. The van der Waals surface area contributed by atoms with Gasteiger partial charge in [-0.2, -0.15) is 0 Å². The molecule has 12 heavy (non-hydrogen) atoms. The van der Waals surface area contributed by atoms with E-state index in [1.165, 1.54) is 12.8 Å². The summed E-state index contributed by atoms with van der Waals surface area (Å²) in [5.41, 5.74) is 0. The average molecular weight is 173 g/mol. The monoisotopic (exact) mass is 173 g/mol. The van der Waals surface area contributed by atoms with Gasteiger partial charge in [0.05, 0.1) is 12.7 Å². The van der Waals surface area contributed by atoms with Gasteiger partial charge in [-0.15, -0.1) is 0 Å². The molecule has 0 amide bonds. The Morgan fingerprint density at radius 2 is 2.08 bits per heavy atom. The van der Waals surface area contributed by atoms with Crippen LogP contribution in [0.5, 0.6) is 0 Å². The highest BCUT2D eigenvalue weighted by Crippen LogP contribution is 2.07. The van der Waals surface area contributed by atoms with E-state index in [9.17, 15) is 0 Å². The van der Waals surface area contributed by atoms with Crippen molar-refractivity contribution in [2.75, 3.05) is 26.7 Å². The molecular formula is C10H23NO. The molecule has 2 heteroatoms. The quantitative estimate of drug-likeness (QED) is 0.634. The fourth-order valence-electron chi connectivity index (χ4n) is 1.36. The maximum absolute atomic E-state index is 5.55. The fraction of sp³-hybridized carbons (Fsp3) is 1.00. The molecule has 0 aromatic carbocycles. The Labute approximate surface area is 76.9 Å². The number of hydrogen-bond acceptors (Lipinski definition) is 2. The number of hydrogen-bond donors (Lipinski definition) is 0. The van der Waals surface area contributed by atoms with E-state index in [0.29, 0.717) is 6.10 Å². The number of ether oxygens (including phenoxy) is 1. The molecule has 1 rings (SSSR count). The Hall–Kier alpha value is -0.0800. The van der Waals surface area contributed by atoms with E-state index < -0.39 is 0 Å². The van der Waals surface area contributed by atoms with Crippen LogP contribution in [0.15, 0.2) is 0 Å². The summed E-state index contributed by atoms with van der Waals surface area (Å²) in [5.74, 6) is 0. The summed E-state index contributed by atoms with van der Waals surface area (Å²) in [6, 6.07) is 0. The topological polar surface area (TPSA) is 12.5 Å². The van der Waals surface area contributed by atoms with E-state index in [4.69, 9.17) is 4.74 Å². The molecule has 0 aromatic rings. The molecule has 0 N–H and O–H groups in total. The Morgan fingerprint density at radius 3 is 2.58 bits per heavy atom. The Kier molecular flexibility index (Phi) is 7.51. The van der Waals surface area contributed by atoms with Crippen molar-refractivity contribution < 1.29 is 4.74 Å². The van der Waals surface area contributed by atoms with Crippen LogP contribution in [-0.4, -0.2) is 37.7 Å². The minimum absolute atomic E-state index is 0.503. The van der Waals surface area contributed by atoms with Crippen LogP contribution in [0.2, 0.25) is 0 Å². The first kappa shape index (κ1) is 11.9.